The van der Waals surface area contributed by atoms with Crippen molar-refractivity contribution in [2.75, 3.05) is 7.11 Å². The van der Waals surface area contributed by atoms with Gasteiger partial charge in [0, 0.05) is 6.42 Å². The summed E-state index contributed by atoms with van der Waals surface area (Å²) in [4.78, 5) is 11.9. The molecule has 2 N–H and O–H groups in total. The van der Waals surface area contributed by atoms with Crippen molar-refractivity contribution in [3.05, 3.63) is 28.8 Å². The zero-order valence-corrected chi connectivity index (χ0v) is 13.4. The average molecular weight is 291 g/mol. The molecule has 4 heteroatoms. The summed E-state index contributed by atoms with van der Waals surface area (Å²) in [7, 11) is 1.38. The molecular formula is C17H25NO3. The van der Waals surface area contributed by atoms with Gasteiger partial charge in [-0.2, -0.15) is 0 Å². The molecule has 1 saturated carbocycles. The maximum absolute atomic E-state index is 11.9. The first kappa shape index (κ1) is 15.8. The average Bonchev–Trinajstić information content (AvgIpc) is 2.43. The number of esters is 1. The van der Waals surface area contributed by atoms with E-state index in [0.717, 1.165) is 24.2 Å². The minimum Gasteiger partial charge on any atom is -0.490 e. The van der Waals surface area contributed by atoms with Crippen LogP contribution < -0.4 is 10.5 Å². The Morgan fingerprint density at radius 3 is 2.71 bits per heavy atom. The summed E-state index contributed by atoms with van der Waals surface area (Å²) in [6.45, 7) is 6.20. The van der Waals surface area contributed by atoms with E-state index in [1.54, 1.807) is 0 Å². The van der Waals surface area contributed by atoms with Gasteiger partial charge in [0.05, 0.1) is 7.11 Å². The van der Waals surface area contributed by atoms with Gasteiger partial charge in [-0.25, -0.2) is 0 Å². The molecule has 2 rings (SSSR count). The van der Waals surface area contributed by atoms with Crippen molar-refractivity contribution in [1.29, 1.82) is 0 Å². The van der Waals surface area contributed by atoms with Crippen molar-refractivity contribution in [3.8, 4) is 5.75 Å². The molecule has 0 aliphatic heterocycles. The first-order chi connectivity index (χ1) is 9.85. The van der Waals surface area contributed by atoms with Gasteiger partial charge in [0.25, 0.3) is 0 Å². The Hall–Kier alpha value is -1.55. The summed E-state index contributed by atoms with van der Waals surface area (Å²) in [5, 5.41) is 0. The molecule has 1 aliphatic carbocycles. The number of carbonyl (C=O) groups excluding carboxylic acids is 1. The number of carbonyl (C=O) groups is 1. The minimum atomic E-state index is -0.912. The van der Waals surface area contributed by atoms with Gasteiger partial charge in [0.2, 0.25) is 0 Å². The lowest BCUT2D eigenvalue weighted by Crippen LogP contribution is -2.54. The lowest BCUT2D eigenvalue weighted by molar-refractivity contribution is -0.149. The molecule has 1 aromatic rings. The van der Waals surface area contributed by atoms with E-state index in [1.165, 1.54) is 18.2 Å². The lowest BCUT2D eigenvalue weighted by atomic mass is 9.81. The van der Waals surface area contributed by atoms with Crippen molar-refractivity contribution in [2.45, 2.75) is 58.1 Å². The second-order valence-corrected chi connectivity index (χ2v) is 6.19. The second-order valence-electron chi connectivity index (χ2n) is 6.19. The number of rotatable bonds is 3. The number of nitrogens with two attached hydrogens (primary N) is 1. The minimum absolute atomic E-state index is 0.0391. The fraction of sp³-hybridized carbons (Fsp3) is 0.588. The molecule has 4 nitrogen and oxygen atoms in total. The Labute approximate surface area is 126 Å². The van der Waals surface area contributed by atoms with Gasteiger partial charge in [-0.05, 0) is 62.8 Å². The number of hydrogen-bond acceptors (Lipinski definition) is 4. The van der Waals surface area contributed by atoms with E-state index in [9.17, 15) is 4.79 Å². The van der Waals surface area contributed by atoms with E-state index < -0.39 is 5.54 Å². The molecule has 1 aliphatic rings. The summed E-state index contributed by atoms with van der Waals surface area (Å²) in [5.74, 6) is 0.555. The molecule has 1 aromatic carbocycles. The largest absolute Gasteiger partial charge is 0.490 e. The maximum atomic E-state index is 11.9. The van der Waals surface area contributed by atoms with Crippen LogP contribution in [0.1, 0.15) is 42.4 Å². The van der Waals surface area contributed by atoms with Crippen LogP contribution in [0.15, 0.2) is 12.1 Å². The fourth-order valence-electron chi connectivity index (χ4n) is 3.05. The summed E-state index contributed by atoms with van der Waals surface area (Å²) >= 11 is 0. The molecule has 0 spiro atoms. The molecule has 116 valence electrons. The van der Waals surface area contributed by atoms with Gasteiger partial charge in [-0.15, -0.1) is 0 Å². The normalized spacial score (nSPS) is 25.5. The number of methoxy groups -OCH3 is 1. The Kier molecular flexibility index (Phi) is 4.57. The fourth-order valence-corrected chi connectivity index (χ4v) is 3.05. The predicted molar refractivity (Wildman–Crippen MR) is 82.5 cm³/mol. The van der Waals surface area contributed by atoms with E-state index in [2.05, 4.69) is 26.8 Å². The quantitative estimate of drug-likeness (QED) is 0.870. The Bertz CT molecular complexity index is 541. The zero-order valence-electron chi connectivity index (χ0n) is 13.4. The molecule has 0 amide bonds. The molecular weight excluding hydrogens is 266 g/mol. The van der Waals surface area contributed by atoms with E-state index in [4.69, 9.17) is 15.2 Å². The van der Waals surface area contributed by atoms with Crippen LogP contribution in [0.4, 0.5) is 0 Å². The molecule has 0 heterocycles. The molecule has 0 saturated heterocycles. The molecule has 0 aromatic heterocycles. The SMILES string of the molecule is COC(=O)C1(N)CCCC(Oc2cc(C)cc(C)c2C)C1. The predicted octanol–water partition coefficient (Wildman–Crippen LogP) is 2.80. The first-order valence-electron chi connectivity index (χ1n) is 7.47. The zero-order chi connectivity index (χ0) is 15.6. The van der Waals surface area contributed by atoms with E-state index in [1.807, 2.05) is 6.07 Å². The van der Waals surface area contributed by atoms with Crippen molar-refractivity contribution in [3.63, 3.8) is 0 Å². The number of hydrogen-bond donors (Lipinski definition) is 1. The molecule has 1 fully saturated rings. The highest BCUT2D eigenvalue weighted by atomic mass is 16.5. The summed E-state index contributed by atoms with van der Waals surface area (Å²) in [5.41, 5.74) is 8.83. The van der Waals surface area contributed by atoms with Gasteiger partial charge in [-0.1, -0.05) is 6.07 Å². The molecule has 2 unspecified atom stereocenters. The maximum Gasteiger partial charge on any atom is 0.325 e. The number of aryl methyl sites for hydroxylation is 2. The number of ether oxygens (including phenoxy) is 2. The highest BCUT2D eigenvalue weighted by Gasteiger charge is 2.41. The van der Waals surface area contributed by atoms with Crippen LogP contribution in [0.5, 0.6) is 5.75 Å². The van der Waals surface area contributed by atoms with E-state index in [0.29, 0.717) is 12.8 Å². The van der Waals surface area contributed by atoms with Crippen LogP contribution in [0.3, 0.4) is 0 Å². The molecule has 0 radical (unpaired) electrons. The molecule has 21 heavy (non-hydrogen) atoms. The Morgan fingerprint density at radius 1 is 1.33 bits per heavy atom. The van der Waals surface area contributed by atoms with E-state index in [-0.39, 0.29) is 12.1 Å². The highest BCUT2D eigenvalue weighted by molar-refractivity contribution is 5.80. The van der Waals surface area contributed by atoms with Crippen LogP contribution >= 0.6 is 0 Å². The third kappa shape index (κ3) is 3.38. The lowest BCUT2D eigenvalue weighted by Gasteiger charge is -2.35. The first-order valence-corrected chi connectivity index (χ1v) is 7.47. The smallest absolute Gasteiger partial charge is 0.325 e. The van der Waals surface area contributed by atoms with Gasteiger partial charge >= 0.3 is 5.97 Å². The summed E-state index contributed by atoms with van der Waals surface area (Å²) in [6.07, 6.45) is 2.92. The van der Waals surface area contributed by atoms with Crippen molar-refractivity contribution in [2.24, 2.45) is 5.73 Å². The van der Waals surface area contributed by atoms with Crippen LogP contribution in [0.2, 0.25) is 0 Å². The standard InChI is InChI=1S/C17H25NO3/c1-11-8-12(2)13(3)15(9-11)21-14-6-5-7-17(18,10-14)16(19)20-4/h8-9,14H,5-7,10,18H2,1-4H3. The van der Waals surface area contributed by atoms with Crippen molar-refractivity contribution < 1.29 is 14.3 Å². The van der Waals surface area contributed by atoms with Gasteiger partial charge in [-0.3, -0.25) is 4.79 Å². The second kappa shape index (κ2) is 6.06. The van der Waals surface area contributed by atoms with Crippen LogP contribution in [-0.2, 0) is 9.53 Å². The van der Waals surface area contributed by atoms with Gasteiger partial charge < -0.3 is 15.2 Å². The van der Waals surface area contributed by atoms with Crippen LogP contribution in [0.25, 0.3) is 0 Å². The third-order valence-corrected chi connectivity index (χ3v) is 4.39. The number of benzene rings is 1. The third-order valence-electron chi connectivity index (χ3n) is 4.39. The highest BCUT2D eigenvalue weighted by Crippen LogP contribution is 2.32. The van der Waals surface area contributed by atoms with Gasteiger partial charge in [0.1, 0.15) is 17.4 Å². The van der Waals surface area contributed by atoms with Crippen molar-refractivity contribution >= 4 is 5.97 Å². The van der Waals surface area contributed by atoms with E-state index >= 15 is 0 Å². The Balaban J connectivity index is 2.15. The molecule has 2 atom stereocenters. The topological polar surface area (TPSA) is 61.5 Å². The summed E-state index contributed by atoms with van der Waals surface area (Å²) in [6, 6.07) is 4.19. The van der Waals surface area contributed by atoms with Crippen molar-refractivity contribution in [1.82, 2.24) is 0 Å². The van der Waals surface area contributed by atoms with Crippen LogP contribution in [0, 0.1) is 20.8 Å². The van der Waals surface area contributed by atoms with Crippen LogP contribution in [-0.4, -0.2) is 24.7 Å². The molecule has 0 bridgehead atoms. The Morgan fingerprint density at radius 2 is 2.05 bits per heavy atom. The summed E-state index contributed by atoms with van der Waals surface area (Å²) < 4.78 is 11.0. The monoisotopic (exact) mass is 291 g/mol. The van der Waals surface area contributed by atoms with Gasteiger partial charge in [0.15, 0.2) is 0 Å².